The Labute approximate surface area is 207 Å². The van der Waals surface area contributed by atoms with E-state index in [1.54, 1.807) is 35.6 Å². The van der Waals surface area contributed by atoms with Crippen molar-refractivity contribution in [2.45, 2.75) is 39.0 Å². The topological polar surface area (TPSA) is 91.3 Å². The van der Waals surface area contributed by atoms with Gasteiger partial charge in [0.15, 0.2) is 0 Å². The molecule has 0 unspecified atom stereocenters. The van der Waals surface area contributed by atoms with Crippen LogP contribution in [0.4, 0.5) is 0 Å². The SMILES string of the molecule is CCCCCCc1ccc(-c2ccc(-c3cc(OC=O)cc(-c4cc(OC=O)ccn4)n3)nc2)s1. The Morgan fingerprint density at radius 2 is 1.57 bits per heavy atom. The molecule has 0 fully saturated rings. The Balaban J connectivity index is 1.58. The van der Waals surface area contributed by atoms with Gasteiger partial charge in [-0.2, -0.15) is 0 Å². The van der Waals surface area contributed by atoms with Crippen LogP contribution in [0.1, 0.15) is 37.5 Å². The van der Waals surface area contributed by atoms with Gasteiger partial charge in [0, 0.05) is 45.9 Å². The Morgan fingerprint density at radius 1 is 0.800 bits per heavy atom. The molecule has 4 aromatic heterocycles. The number of unbranched alkanes of at least 4 members (excludes halogenated alkanes) is 3. The normalized spacial score (nSPS) is 10.7. The van der Waals surface area contributed by atoms with Crippen LogP contribution >= 0.6 is 11.3 Å². The molecule has 0 aliphatic carbocycles. The lowest BCUT2D eigenvalue weighted by atomic mass is 10.1. The zero-order valence-corrected chi connectivity index (χ0v) is 20.2. The number of ether oxygens (including phenoxy) is 2. The number of nitrogens with zero attached hydrogens (tertiary/aromatic N) is 3. The van der Waals surface area contributed by atoms with Crippen molar-refractivity contribution < 1.29 is 19.1 Å². The van der Waals surface area contributed by atoms with Gasteiger partial charge in [-0.3, -0.25) is 19.6 Å². The van der Waals surface area contributed by atoms with Crippen LogP contribution in [0, 0.1) is 0 Å². The maximum Gasteiger partial charge on any atom is 0.298 e. The third kappa shape index (κ3) is 6.36. The van der Waals surface area contributed by atoms with E-state index in [9.17, 15) is 9.59 Å². The van der Waals surface area contributed by atoms with Crippen molar-refractivity contribution in [2.75, 3.05) is 0 Å². The molecule has 4 rings (SSSR count). The number of carbonyl (C=O) groups excluding carboxylic acids is 2. The first-order valence-electron chi connectivity index (χ1n) is 11.4. The van der Waals surface area contributed by atoms with Gasteiger partial charge in [0.2, 0.25) is 0 Å². The molecule has 178 valence electrons. The maximum atomic E-state index is 11.0. The Bertz CT molecular complexity index is 1290. The van der Waals surface area contributed by atoms with Gasteiger partial charge < -0.3 is 9.47 Å². The van der Waals surface area contributed by atoms with E-state index in [1.165, 1.54) is 41.6 Å². The molecule has 0 N–H and O–H groups in total. The summed E-state index contributed by atoms with van der Waals surface area (Å²) in [7, 11) is 0. The van der Waals surface area contributed by atoms with Crippen molar-refractivity contribution in [3.63, 3.8) is 0 Å². The highest BCUT2D eigenvalue weighted by molar-refractivity contribution is 7.15. The highest BCUT2D eigenvalue weighted by Crippen LogP contribution is 2.31. The fourth-order valence-corrected chi connectivity index (χ4v) is 4.70. The molecule has 0 spiro atoms. The Hall–Kier alpha value is -3.91. The van der Waals surface area contributed by atoms with Crippen LogP contribution in [0.3, 0.4) is 0 Å². The van der Waals surface area contributed by atoms with Crippen molar-refractivity contribution >= 4 is 24.3 Å². The lowest BCUT2D eigenvalue weighted by Gasteiger charge is -2.08. The largest absolute Gasteiger partial charge is 0.429 e. The standard InChI is InChI=1S/C27H25N3O4S/c1-2-3-4-5-6-22-8-10-27(35-22)19-7-9-23(29-16-19)25-14-21(34-18-32)15-26(30-25)24-13-20(33-17-31)11-12-28-24/h7-18H,2-6H2,1H3. The average Bonchev–Trinajstić information content (AvgIpc) is 3.36. The maximum absolute atomic E-state index is 11.0. The summed E-state index contributed by atoms with van der Waals surface area (Å²) >= 11 is 1.80. The molecule has 0 saturated heterocycles. The first kappa shape index (κ1) is 24.2. The van der Waals surface area contributed by atoms with Gasteiger partial charge in [0.25, 0.3) is 12.9 Å². The zero-order chi connectivity index (χ0) is 24.5. The molecule has 0 radical (unpaired) electrons. The number of hydrogen-bond donors (Lipinski definition) is 0. The van der Waals surface area contributed by atoms with Gasteiger partial charge in [-0.1, -0.05) is 26.2 Å². The van der Waals surface area contributed by atoms with Gasteiger partial charge in [-0.05, 0) is 43.2 Å². The molecule has 0 aliphatic heterocycles. The van der Waals surface area contributed by atoms with Gasteiger partial charge in [0.1, 0.15) is 11.5 Å². The van der Waals surface area contributed by atoms with Crippen molar-refractivity contribution in [2.24, 2.45) is 0 Å². The number of thiophene rings is 1. The van der Waals surface area contributed by atoms with Crippen molar-refractivity contribution in [1.29, 1.82) is 0 Å². The van der Waals surface area contributed by atoms with Gasteiger partial charge in [-0.25, -0.2) is 4.98 Å². The zero-order valence-electron chi connectivity index (χ0n) is 19.3. The molecule has 4 heterocycles. The van der Waals surface area contributed by atoms with Crippen LogP contribution in [-0.4, -0.2) is 27.9 Å². The third-order valence-electron chi connectivity index (χ3n) is 5.41. The van der Waals surface area contributed by atoms with Crippen molar-refractivity contribution in [1.82, 2.24) is 15.0 Å². The first-order chi connectivity index (χ1) is 17.2. The summed E-state index contributed by atoms with van der Waals surface area (Å²) in [5, 5.41) is 0. The van der Waals surface area contributed by atoms with Gasteiger partial charge in [-0.15, -0.1) is 11.3 Å². The number of pyridine rings is 3. The highest BCUT2D eigenvalue weighted by Gasteiger charge is 2.12. The molecule has 0 saturated carbocycles. The number of rotatable bonds is 12. The van der Waals surface area contributed by atoms with Crippen LogP contribution in [0.15, 0.2) is 60.9 Å². The number of hydrogen-bond acceptors (Lipinski definition) is 8. The average molecular weight is 488 g/mol. The van der Waals surface area contributed by atoms with Crippen LogP contribution in [0.5, 0.6) is 11.5 Å². The molecular formula is C27H25N3O4S. The minimum atomic E-state index is 0.306. The molecule has 0 aromatic carbocycles. The minimum absolute atomic E-state index is 0.306. The van der Waals surface area contributed by atoms with E-state index in [-0.39, 0.29) is 0 Å². The molecule has 8 heteroatoms. The lowest BCUT2D eigenvalue weighted by Crippen LogP contribution is -1.97. The highest BCUT2D eigenvalue weighted by atomic mass is 32.1. The van der Waals surface area contributed by atoms with Crippen LogP contribution < -0.4 is 9.47 Å². The molecule has 4 aromatic rings. The minimum Gasteiger partial charge on any atom is -0.429 e. The second-order valence-electron chi connectivity index (χ2n) is 7.89. The van der Waals surface area contributed by atoms with Crippen molar-refractivity contribution in [3.05, 3.63) is 65.8 Å². The fourth-order valence-electron chi connectivity index (χ4n) is 3.66. The van der Waals surface area contributed by atoms with Gasteiger partial charge in [0.05, 0.1) is 22.8 Å². The summed E-state index contributed by atoms with van der Waals surface area (Å²) in [5.41, 5.74) is 3.11. The molecule has 0 amide bonds. The van der Waals surface area contributed by atoms with Crippen molar-refractivity contribution in [3.8, 4) is 44.7 Å². The molecule has 0 bridgehead atoms. The Morgan fingerprint density at radius 3 is 2.31 bits per heavy atom. The number of carbonyl (C=O) groups is 2. The van der Waals surface area contributed by atoms with E-state index in [2.05, 4.69) is 34.0 Å². The van der Waals surface area contributed by atoms with Gasteiger partial charge >= 0.3 is 0 Å². The van der Waals surface area contributed by atoms with Crippen LogP contribution in [-0.2, 0) is 16.0 Å². The summed E-state index contributed by atoms with van der Waals surface area (Å²) in [4.78, 5) is 37.8. The predicted octanol–water partition coefficient (Wildman–Crippen LogP) is 6.13. The fraction of sp³-hybridized carbons (Fsp3) is 0.222. The van der Waals surface area contributed by atoms with E-state index in [4.69, 9.17) is 9.47 Å². The quantitative estimate of drug-likeness (QED) is 0.175. The van der Waals surface area contributed by atoms with E-state index in [0.29, 0.717) is 47.2 Å². The van der Waals surface area contributed by atoms with E-state index < -0.39 is 0 Å². The Kier molecular flexibility index (Phi) is 8.30. The summed E-state index contributed by atoms with van der Waals surface area (Å²) in [6, 6.07) is 14.6. The monoisotopic (exact) mass is 487 g/mol. The van der Waals surface area contributed by atoms with E-state index >= 15 is 0 Å². The van der Waals surface area contributed by atoms with Crippen LogP contribution in [0.2, 0.25) is 0 Å². The molecule has 0 atom stereocenters. The summed E-state index contributed by atoms with van der Waals surface area (Å²) in [6.07, 6.45) is 9.46. The molecular weight excluding hydrogens is 462 g/mol. The third-order valence-corrected chi connectivity index (χ3v) is 6.60. The molecule has 35 heavy (non-hydrogen) atoms. The lowest BCUT2D eigenvalue weighted by molar-refractivity contribution is -0.121. The predicted molar refractivity (Wildman–Crippen MR) is 135 cm³/mol. The number of aromatic nitrogens is 3. The summed E-state index contributed by atoms with van der Waals surface area (Å²) in [6.45, 7) is 2.93. The van der Waals surface area contributed by atoms with E-state index in [0.717, 1.165) is 12.0 Å². The summed E-state index contributed by atoms with van der Waals surface area (Å²) in [5.74, 6) is 0.638. The smallest absolute Gasteiger partial charge is 0.298 e. The van der Waals surface area contributed by atoms with Crippen LogP contribution in [0.25, 0.3) is 33.2 Å². The second kappa shape index (κ2) is 12.0. The first-order valence-corrected chi connectivity index (χ1v) is 12.3. The summed E-state index contributed by atoms with van der Waals surface area (Å²) < 4.78 is 9.99. The molecule has 7 nitrogen and oxygen atoms in total. The number of aryl methyl sites for hydroxylation is 1. The van der Waals surface area contributed by atoms with E-state index in [1.807, 2.05) is 18.3 Å². The molecule has 0 aliphatic rings. The second-order valence-corrected chi connectivity index (χ2v) is 9.06.